The van der Waals surface area contributed by atoms with Crippen molar-refractivity contribution in [3.05, 3.63) is 69.8 Å². The van der Waals surface area contributed by atoms with Crippen molar-refractivity contribution in [1.82, 2.24) is 9.80 Å². The molecule has 1 spiro atoms. The minimum atomic E-state index is 0.0719. The highest BCUT2D eigenvalue weighted by atomic mass is 15.5. The Labute approximate surface area is 161 Å². The van der Waals surface area contributed by atoms with Crippen molar-refractivity contribution in [3.8, 4) is 0 Å². The van der Waals surface area contributed by atoms with Crippen LogP contribution in [0.3, 0.4) is 0 Å². The first kappa shape index (κ1) is 14.4. The molecular formula is C25H26N2. The van der Waals surface area contributed by atoms with Crippen LogP contribution in [0.4, 0.5) is 0 Å². The number of hydrogen-bond acceptors (Lipinski definition) is 2. The second kappa shape index (κ2) is 4.50. The summed E-state index contributed by atoms with van der Waals surface area (Å²) in [6, 6.07) is 17.6. The summed E-state index contributed by atoms with van der Waals surface area (Å²) < 4.78 is 0. The van der Waals surface area contributed by atoms with E-state index in [1.807, 2.05) is 0 Å². The van der Waals surface area contributed by atoms with Gasteiger partial charge in [0.1, 0.15) is 5.66 Å². The summed E-state index contributed by atoms with van der Waals surface area (Å²) in [6.45, 7) is 0. The smallest absolute Gasteiger partial charge is 0.128 e. The maximum Gasteiger partial charge on any atom is 0.128 e. The Kier molecular flexibility index (Phi) is 2.39. The Bertz CT molecular complexity index is 928. The summed E-state index contributed by atoms with van der Waals surface area (Å²) in [4.78, 5) is 6.13. The average Bonchev–Trinajstić information content (AvgIpc) is 3.28. The van der Waals surface area contributed by atoms with Gasteiger partial charge in [-0.25, -0.2) is 0 Å². The van der Waals surface area contributed by atoms with Gasteiger partial charge in [0, 0.05) is 24.2 Å². The molecule has 0 radical (unpaired) electrons. The number of benzene rings is 2. The molecule has 8 rings (SSSR count). The first-order chi connectivity index (χ1) is 13.4. The van der Waals surface area contributed by atoms with E-state index in [2.05, 4.69) is 46.2 Å². The van der Waals surface area contributed by atoms with Crippen molar-refractivity contribution in [3.63, 3.8) is 0 Å². The van der Waals surface area contributed by atoms with E-state index in [0.717, 1.165) is 30.6 Å². The quantitative estimate of drug-likeness (QED) is 0.706. The van der Waals surface area contributed by atoms with Gasteiger partial charge in [-0.1, -0.05) is 36.4 Å². The van der Waals surface area contributed by atoms with Crippen LogP contribution in [0.1, 0.15) is 65.5 Å². The molecule has 0 bridgehead atoms. The molecule has 136 valence electrons. The van der Waals surface area contributed by atoms with Crippen LogP contribution >= 0.6 is 0 Å². The van der Waals surface area contributed by atoms with Crippen LogP contribution in [0.2, 0.25) is 0 Å². The highest BCUT2D eigenvalue weighted by Crippen LogP contribution is 2.63. The minimum absolute atomic E-state index is 0.0719. The molecule has 0 amide bonds. The normalized spacial score (nSPS) is 40.0. The topological polar surface area (TPSA) is 6.48 Å². The van der Waals surface area contributed by atoms with Crippen LogP contribution in [0, 0.1) is 0 Å². The van der Waals surface area contributed by atoms with Gasteiger partial charge < -0.3 is 0 Å². The van der Waals surface area contributed by atoms with Gasteiger partial charge in [-0.3, -0.25) is 9.80 Å². The summed E-state index contributed by atoms with van der Waals surface area (Å²) in [5.41, 5.74) is 10.1. The molecule has 2 aromatic rings. The Hall–Kier alpha value is -1.64. The second-order valence-corrected chi connectivity index (χ2v) is 9.98. The van der Waals surface area contributed by atoms with Gasteiger partial charge in [0.2, 0.25) is 0 Å². The number of rotatable bonds is 0. The third kappa shape index (κ3) is 1.43. The molecule has 27 heavy (non-hydrogen) atoms. The van der Waals surface area contributed by atoms with E-state index in [0.29, 0.717) is 0 Å². The monoisotopic (exact) mass is 354 g/mol. The maximum atomic E-state index is 3.06. The lowest BCUT2D eigenvalue weighted by Gasteiger charge is -2.66. The lowest BCUT2D eigenvalue weighted by atomic mass is 9.65. The van der Waals surface area contributed by atoms with Gasteiger partial charge in [-0.05, 0) is 84.7 Å². The molecule has 3 fully saturated rings. The van der Waals surface area contributed by atoms with E-state index in [1.54, 1.807) is 33.4 Å². The number of hydrogen-bond donors (Lipinski definition) is 0. The van der Waals surface area contributed by atoms with Crippen molar-refractivity contribution < 1.29 is 0 Å². The highest BCUT2D eigenvalue weighted by Gasteiger charge is 2.66. The lowest BCUT2D eigenvalue weighted by molar-refractivity contribution is -0.145. The van der Waals surface area contributed by atoms with E-state index < -0.39 is 0 Å². The lowest BCUT2D eigenvalue weighted by Crippen LogP contribution is -2.73. The van der Waals surface area contributed by atoms with Crippen LogP contribution in [0.15, 0.2) is 36.4 Å². The Morgan fingerprint density at radius 2 is 1.11 bits per heavy atom. The zero-order valence-corrected chi connectivity index (χ0v) is 15.8. The van der Waals surface area contributed by atoms with Crippen molar-refractivity contribution in [2.24, 2.45) is 0 Å². The summed E-state index contributed by atoms with van der Waals surface area (Å²) >= 11 is 0. The van der Waals surface area contributed by atoms with Gasteiger partial charge in [0.15, 0.2) is 0 Å². The first-order valence-corrected chi connectivity index (χ1v) is 11.1. The van der Waals surface area contributed by atoms with Crippen LogP contribution < -0.4 is 0 Å². The van der Waals surface area contributed by atoms with Crippen molar-refractivity contribution in [2.75, 3.05) is 0 Å². The molecule has 2 nitrogen and oxygen atoms in total. The average molecular weight is 354 g/mol. The van der Waals surface area contributed by atoms with E-state index in [9.17, 15) is 0 Å². The largest absolute Gasteiger partial charge is 0.271 e. The van der Waals surface area contributed by atoms with Crippen LogP contribution in [-0.2, 0) is 24.9 Å². The van der Waals surface area contributed by atoms with Crippen LogP contribution in [0.25, 0.3) is 0 Å². The van der Waals surface area contributed by atoms with Gasteiger partial charge in [-0.15, -0.1) is 0 Å². The number of nitrogens with zero attached hydrogens (tertiary/aromatic N) is 2. The molecular weight excluding hydrogens is 328 g/mol. The SMILES string of the molecule is c1cc2c3c(c1)CC1CCC4CC5CCC6Cc7cccc(c7C3(N14)N65)C2. The molecule has 4 atom stereocenters. The molecule has 0 saturated carbocycles. The molecule has 3 saturated heterocycles. The molecule has 0 N–H and O–H groups in total. The summed E-state index contributed by atoms with van der Waals surface area (Å²) in [5, 5.41) is 0. The summed E-state index contributed by atoms with van der Waals surface area (Å²) in [6.07, 6.45) is 10.8. The Morgan fingerprint density at radius 1 is 0.630 bits per heavy atom. The highest BCUT2D eigenvalue weighted by molar-refractivity contribution is 5.61. The molecule has 6 aliphatic rings. The molecule has 5 aliphatic heterocycles. The molecule has 1 aliphatic carbocycles. The van der Waals surface area contributed by atoms with Crippen LogP contribution in [-0.4, -0.2) is 34.0 Å². The predicted octanol–water partition coefficient (Wildman–Crippen LogP) is 3.97. The van der Waals surface area contributed by atoms with E-state index >= 15 is 0 Å². The fraction of sp³-hybridized carbons (Fsp3) is 0.520. The van der Waals surface area contributed by atoms with E-state index in [1.165, 1.54) is 44.9 Å². The zero-order chi connectivity index (χ0) is 17.3. The Balaban J connectivity index is 1.58. The maximum absolute atomic E-state index is 3.06. The first-order valence-electron chi connectivity index (χ1n) is 11.1. The van der Waals surface area contributed by atoms with Gasteiger partial charge in [-0.2, -0.15) is 0 Å². The summed E-state index contributed by atoms with van der Waals surface area (Å²) in [7, 11) is 0. The summed E-state index contributed by atoms with van der Waals surface area (Å²) in [5.74, 6) is 0. The van der Waals surface area contributed by atoms with Crippen molar-refractivity contribution in [2.45, 2.75) is 81.2 Å². The van der Waals surface area contributed by atoms with Gasteiger partial charge in [0.05, 0.1) is 0 Å². The molecule has 5 heterocycles. The fourth-order valence-electron chi connectivity index (χ4n) is 8.48. The second-order valence-electron chi connectivity index (χ2n) is 9.98. The predicted molar refractivity (Wildman–Crippen MR) is 106 cm³/mol. The molecule has 2 heteroatoms. The fourth-order valence-corrected chi connectivity index (χ4v) is 8.48. The molecule has 4 unspecified atom stereocenters. The van der Waals surface area contributed by atoms with Crippen molar-refractivity contribution in [1.29, 1.82) is 0 Å². The van der Waals surface area contributed by atoms with E-state index in [-0.39, 0.29) is 5.66 Å². The molecule has 2 aromatic carbocycles. The third-order valence-corrected chi connectivity index (χ3v) is 8.99. The van der Waals surface area contributed by atoms with Crippen molar-refractivity contribution >= 4 is 0 Å². The van der Waals surface area contributed by atoms with E-state index in [4.69, 9.17) is 0 Å². The zero-order valence-electron chi connectivity index (χ0n) is 15.8. The standard InChI is InChI=1S/C25H26N2/c1-3-15-11-16-4-2-6-18-13-20-8-10-22-14-21-9-7-19-12-17(5-1)23(15)25(24(16)18,26(19)21)27(20)22/h1-6,19-22H,7-14H2. The molecule has 0 aromatic heterocycles. The minimum Gasteiger partial charge on any atom is -0.271 e. The third-order valence-electron chi connectivity index (χ3n) is 8.99. The van der Waals surface area contributed by atoms with Gasteiger partial charge in [0.25, 0.3) is 0 Å². The van der Waals surface area contributed by atoms with Gasteiger partial charge >= 0.3 is 0 Å². The Morgan fingerprint density at radius 3 is 1.67 bits per heavy atom. The van der Waals surface area contributed by atoms with Crippen LogP contribution in [0.5, 0.6) is 0 Å².